The summed E-state index contributed by atoms with van der Waals surface area (Å²) < 4.78 is 12.9. The Hall–Kier alpha value is -0.540. The van der Waals surface area contributed by atoms with Gasteiger partial charge in [-0.15, -0.1) is 0 Å². The van der Waals surface area contributed by atoms with E-state index in [-0.39, 0.29) is 11.9 Å². The highest BCUT2D eigenvalue weighted by Crippen LogP contribution is 2.21. The Bertz CT molecular complexity index is 312. The van der Waals surface area contributed by atoms with Gasteiger partial charge in [0.25, 0.3) is 0 Å². The first kappa shape index (κ1) is 9.99. The van der Waals surface area contributed by atoms with Crippen LogP contribution in [0.4, 0.5) is 4.39 Å². The lowest BCUT2D eigenvalue weighted by Crippen LogP contribution is -2.41. The molecule has 2 rings (SSSR count). The number of benzene rings is 1. The molecule has 0 spiro atoms. The summed E-state index contributed by atoms with van der Waals surface area (Å²) in [6.07, 6.45) is 0. The third-order valence-corrected chi connectivity index (χ3v) is 3.75. The van der Waals surface area contributed by atoms with Crippen LogP contribution in [0.25, 0.3) is 0 Å². The van der Waals surface area contributed by atoms with Crippen LogP contribution in [0.2, 0.25) is 0 Å². The minimum atomic E-state index is -0.154. The van der Waals surface area contributed by atoms with Crippen LogP contribution < -0.4 is 5.32 Å². The van der Waals surface area contributed by atoms with Gasteiger partial charge < -0.3 is 5.32 Å². The Morgan fingerprint density at radius 2 is 2.29 bits per heavy atom. The summed E-state index contributed by atoms with van der Waals surface area (Å²) in [7, 11) is 0. The average Bonchev–Trinajstić information content (AvgIpc) is 2.11. The molecule has 1 nitrogen and oxygen atoms in total. The topological polar surface area (TPSA) is 12.0 Å². The Kier molecular flexibility index (Phi) is 3.08. The summed E-state index contributed by atoms with van der Waals surface area (Å²) >= 11 is 1.95. The van der Waals surface area contributed by atoms with E-state index in [1.165, 1.54) is 17.6 Å². The molecule has 0 saturated carbocycles. The standard InChI is InChI=1S/C11H14FNS/c1-8(13-11-6-14-7-11)9-3-2-4-10(12)5-9/h2-5,8,11,13H,6-7H2,1H3/t8-/m1/s1. The maximum Gasteiger partial charge on any atom is 0.123 e. The van der Waals surface area contributed by atoms with E-state index in [2.05, 4.69) is 12.2 Å². The number of hydrogen-bond acceptors (Lipinski definition) is 2. The Morgan fingerprint density at radius 3 is 2.86 bits per heavy atom. The van der Waals surface area contributed by atoms with Crippen LogP contribution in [0.3, 0.4) is 0 Å². The van der Waals surface area contributed by atoms with Gasteiger partial charge in [-0.3, -0.25) is 0 Å². The molecule has 1 saturated heterocycles. The number of hydrogen-bond donors (Lipinski definition) is 1. The van der Waals surface area contributed by atoms with Gasteiger partial charge in [-0.05, 0) is 24.6 Å². The van der Waals surface area contributed by atoms with E-state index in [9.17, 15) is 4.39 Å². The van der Waals surface area contributed by atoms with Crippen LogP contribution in [0.1, 0.15) is 18.5 Å². The van der Waals surface area contributed by atoms with Crippen LogP contribution in [0.15, 0.2) is 24.3 Å². The Labute approximate surface area is 88.1 Å². The second-order valence-electron chi connectivity index (χ2n) is 3.68. The second-order valence-corrected chi connectivity index (χ2v) is 4.75. The SMILES string of the molecule is C[C@@H](NC1CSC1)c1cccc(F)c1. The minimum Gasteiger partial charge on any atom is -0.306 e. The van der Waals surface area contributed by atoms with Gasteiger partial charge in [-0.25, -0.2) is 4.39 Å². The van der Waals surface area contributed by atoms with Crippen molar-refractivity contribution in [2.24, 2.45) is 0 Å². The lowest BCUT2D eigenvalue weighted by atomic mass is 10.1. The predicted molar refractivity (Wildman–Crippen MR) is 59.1 cm³/mol. The summed E-state index contributed by atoms with van der Waals surface area (Å²) in [5, 5.41) is 3.47. The molecule has 1 fully saturated rings. The van der Waals surface area contributed by atoms with Gasteiger partial charge >= 0.3 is 0 Å². The van der Waals surface area contributed by atoms with E-state index in [1.54, 1.807) is 12.1 Å². The van der Waals surface area contributed by atoms with Gasteiger partial charge in [0.15, 0.2) is 0 Å². The average molecular weight is 211 g/mol. The molecule has 0 amide bonds. The zero-order chi connectivity index (χ0) is 9.97. The van der Waals surface area contributed by atoms with Crippen molar-refractivity contribution < 1.29 is 4.39 Å². The minimum absolute atomic E-state index is 0.154. The highest BCUT2D eigenvalue weighted by atomic mass is 32.2. The van der Waals surface area contributed by atoms with Crippen LogP contribution in [-0.2, 0) is 0 Å². The van der Waals surface area contributed by atoms with Crippen molar-refractivity contribution in [3.8, 4) is 0 Å². The molecule has 0 unspecified atom stereocenters. The zero-order valence-corrected chi connectivity index (χ0v) is 8.98. The molecular weight excluding hydrogens is 197 g/mol. The molecule has 1 aromatic rings. The molecule has 1 atom stereocenters. The quantitative estimate of drug-likeness (QED) is 0.824. The van der Waals surface area contributed by atoms with E-state index < -0.39 is 0 Å². The van der Waals surface area contributed by atoms with Crippen molar-refractivity contribution in [3.05, 3.63) is 35.6 Å². The Balaban J connectivity index is 1.98. The number of nitrogens with one attached hydrogen (secondary N) is 1. The molecule has 0 bridgehead atoms. The normalized spacial score (nSPS) is 19.0. The molecule has 0 aromatic heterocycles. The summed E-state index contributed by atoms with van der Waals surface area (Å²) in [5.74, 6) is 2.21. The van der Waals surface area contributed by atoms with Crippen molar-refractivity contribution in [1.29, 1.82) is 0 Å². The summed E-state index contributed by atoms with van der Waals surface area (Å²) in [5.41, 5.74) is 1.03. The van der Waals surface area contributed by atoms with Gasteiger partial charge in [0, 0.05) is 23.6 Å². The van der Waals surface area contributed by atoms with Gasteiger partial charge in [0.1, 0.15) is 5.82 Å². The largest absolute Gasteiger partial charge is 0.306 e. The molecular formula is C11H14FNS. The number of rotatable bonds is 3. The fraction of sp³-hybridized carbons (Fsp3) is 0.455. The monoisotopic (exact) mass is 211 g/mol. The van der Waals surface area contributed by atoms with Crippen molar-refractivity contribution >= 4 is 11.8 Å². The molecule has 14 heavy (non-hydrogen) atoms. The van der Waals surface area contributed by atoms with E-state index in [0.717, 1.165) is 5.56 Å². The predicted octanol–water partition coefficient (Wildman–Crippen LogP) is 2.59. The number of thioether (sulfide) groups is 1. The van der Waals surface area contributed by atoms with Gasteiger partial charge in [-0.2, -0.15) is 11.8 Å². The third kappa shape index (κ3) is 2.28. The first-order valence-electron chi connectivity index (χ1n) is 4.85. The maximum absolute atomic E-state index is 12.9. The van der Waals surface area contributed by atoms with E-state index >= 15 is 0 Å². The Morgan fingerprint density at radius 1 is 1.50 bits per heavy atom. The lowest BCUT2D eigenvalue weighted by molar-refractivity contribution is 0.499. The molecule has 0 radical (unpaired) electrons. The number of halogens is 1. The van der Waals surface area contributed by atoms with Gasteiger partial charge in [-0.1, -0.05) is 12.1 Å². The molecule has 0 aliphatic carbocycles. The third-order valence-electron chi connectivity index (χ3n) is 2.47. The molecule has 1 aromatic carbocycles. The van der Waals surface area contributed by atoms with E-state index in [4.69, 9.17) is 0 Å². The molecule has 3 heteroatoms. The van der Waals surface area contributed by atoms with Crippen molar-refractivity contribution in [2.75, 3.05) is 11.5 Å². The first-order chi connectivity index (χ1) is 6.75. The molecule has 1 heterocycles. The molecule has 1 N–H and O–H groups in total. The van der Waals surface area contributed by atoms with Crippen LogP contribution in [0, 0.1) is 5.82 Å². The zero-order valence-electron chi connectivity index (χ0n) is 8.16. The summed E-state index contributed by atoms with van der Waals surface area (Å²) in [6.45, 7) is 2.08. The summed E-state index contributed by atoms with van der Waals surface area (Å²) in [4.78, 5) is 0. The van der Waals surface area contributed by atoms with Crippen molar-refractivity contribution in [3.63, 3.8) is 0 Å². The van der Waals surface area contributed by atoms with Crippen LogP contribution in [-0.4, -0.2) is 17.5 Å². The molecule has 1 aliphatic heterocycles. The van der Waals surface area contributed by atoms with Crippen LogP contribution in [0.5, 0.6) is 0 Å². The van der Waals surface area contributed by atoms with Crippen molar-refractivity contribution in [2.45, 2.75) is 19.0 Å². The fourth-order valence-corrected chi connectivity index (χ4v) is 2.22. The lowest BCUT2D eigenvalue weighted by Gasteiger charge is -2.29. The van der Waals surface area contributed by atoms with E-state index in [0.29, 0.717) is 6.04 Å². The smallest absolute Gasteiger partial charge is 0.123 e. The highest BCUT2D eigenvalue weighted by Gasteiger charge is 2.20. The molecule has 1 aliphatic rings. The van der Waals surface area contributed by atoms with E-state index in [1.807, 2.05) is 17.8 Å². The van der Waals surface area contributed by atoms with Crippen molar-refractivity contribution in [1.82, 2.24) is 5.32 Å². The van der Waals surface area contributed by atoms with Gasteiger partial charge in [0.05, 0.1) is 0 Å². The summed E-state index contributed by atoms with van der Waals surface area (Å²) in [6, 6.07) is 7.67. The highest BCUT2D eigenvalue weighted by molar-refractivity contribution is 8.00. The second kappa shape index (κ2) is 4.32. The van der Waals surface area contributed by atoms with Gasteiger partial charge in [0.2, 0.25) is 0 Å². The molecule has 76 valence electrons. The first-order valence-corrected chi connectivity index (χ1v) is 6.00. The van der Waals surface area contributed by atoms with Crippen LogP contribution >= 0.6 is 11.8 Å². The fourth-order valence-electron chi connectivity index (χ4n) is 1.56. The maximum atomic E-state index is 12.9.